The number of fused-ring (bicyclic) bond motifs is 1. The highest BCUT2D eigenvalue weighted by atomic mass is 16.5. The number of nitrogens with zero attached hydrogens (tertiary/aromatic N) is 2. The number of carbonyl (C=O) groups is 3. The van der Waals surface area contributed by atoms with Crippen molar-refractivity contribution in [1.82, 2.24) is 9.80 Å². The molecule has 4 rings (SSSR count). The number of imide groups is 1. The molecule has 0 spiro atoms. The number of amides is 3. The van der Waals surface area contributed by atoms with Gasteiger partial charge in [0, 0.05) is 19.1 Å². The number of rotatable bonds is 5. The van der Waals surface area contributed by atoms with Crippen LogP contribution in [0.4, 0.5) is 0 Å². The number of para-hydroxylation sites is 1. The summed E-state index contributed by atoms with van der Waals surface area (Å²) in [5.41, 5.74) is 0.952. The average Bonchev–Trinajstić information content (AvgIpc) is 2.99. The van der Waals surface area contributed by atoms with Crippen LogP contribution < -0.4 is 4.74 Å². The van der Waals surface area contributed by atoms with E-state index in [9.17, 15) is 14.4 Å². The van der Waals surface area contributed by atoms with Gasteiger partial charge in [-0.1, -0.05) is 30.3 Å². The second-order valence-electron chi connectivity index (χ2n) is 7.05. The van der Waals surface area contributed by atoms with Gasteiger partial charge < -0.3 is 9.64 Å². The fourth-order valence-corrected chi connectivity index (χ4v) is 3.84. The van der Waals surface area contributed by atoms with Crippen molar-refractivity contribution in [3.63, 3.8) is 0 Å². The lowest BCUT2D eigenvalue weighted by atomic mass is 10.0. The maximum atomic E-state index is 12.6. The van der Waals surface area contributed by atoms with E-state index < -0.39 is 0 Å². The van der Waals surface area contributed by atoms with Crippen LogP contribution in [0.2, 0.25) is 0 Å². The summed E-state index contributed by atoms with van der Waals surface area (Å²) in [6, 6.07) is 16.2. The molecule has 0 atom stereocenters. The van der Waals surface area contributed by atoms with E-state index in [-0.39, 0.29) is 23.8 Å². The van der Waals surface area contributed by atoms with Crippen molar-refractivity contribution in [3.8, 4) is 5.75 Å². The van der Waals surface area contributed by atoms with Crippen molar-refractivity contribution < 1.29 is 19.1 Å². The summed E-state index contributed by atoms with van der Waals surface area (Å²) >= 11 is 0. The largest absolute Gasteiger partial charge is 0.493 e. The Morgan fingerprint density at radius 1 is 0.893 bits per heavy atom. The van der Waals surface area contributed by atoms with E-state index in [2.05, 4.69) is 0 Å². The van der Waals surface area contributed by atoms with Crippen LogP contribution in [0.5, 0.6) is 5.75 Å². The van der Waals surface area contributed by atoms with Crippen LogP contribution in [-0.4, -0.2) is 53.3 Å². The summed E-state index contributed by atoms with van der Waals surface area (Å²) in [4.78, 5) is 40.8. The monoisotopic (exact) mass is 378 g/mol. The zero-order chi connectivity index (χ0) is 19.5. The molecule has 1 fully saturated rings. The molecule has 0 saturated carbocycles. The van der Waals surface area contributed by atoms with Gasteiger partial charge in [0.05, 0.1) is 24.2 Å². The van der Waals surface area contributed by atoms with Gasteiger partial charge in [-0.2, -0.15) is 0 Å². The molecule has 6 nitrogen and oxygen atoms in total. The maximum absolute atomic E-state index is 12.6. The Kier molecular flexibility index (Phi) is 5.10. The molecular formula is C22H22N2O4. The van der Waals surface area contributed by atoms with Crippen LogP contribution in [0.1, 0.15) is 40.0 Å². The number of likely N-dealkylation sites (tertiary alicyclic amines) is 1. The van der Waals surface area contributed by atoms with Gasteiger partial charge in [0.1, 0.15) is 5.75 Å². The summed E-state index contributed by atoms with van der Waals surface area (Å²) in [7, 11) is 0. The highest BCUT2D eigenvalue weighted by Gasteiger charge is 2.40. The van der Waals surface area contributed by atoms with Crippen LogP contribution in [0.25, 0.3) is 0 Å². The van der Waals surface area contributed by atoms with Crippen molar-refractivity contribution in [3.05, 3.63) is 65.7 Å². The first kappa shape index (κ1) is 18.2. The Balaban J connectivity index is 1.28. The normalized spacial score (nSPS) is 17.0. The molecule has 2 aromatic carbocycles. The Labute approximate surface area is 163 Å². The summed E-state index contributed by atoms with van der Waals surface area (Å²) < 4.78 is 5.59. The number of hydrogen-bond donors (Lipinski definition) is 0. The minimum atomic E-state index is -0.221. The zero-order valence-corrected chi connectivity index (χ0v) is 15.5. The molecule has 0 unspecified atom stereocenters. The van der Waals surface area contributed by atoms with Gasteiger partial charge >= 0.3 is 0 Å². The summed E-state index contributed by atoms with van der Waals surface area (Å²) in [6.45, 7) is 1.42. The Morgan fingerprint density at radius 2 is 1.46 bits per heavy atom. The third-order valence-electron chi connectivity index (χ3n) is 5.34. The lowest BCUT2D eigenvalue weighted by Gasteiger charge is -2.35. The van der Waals surface area contributed by atoms with Gasteiger partial charge in [0.15, 0.2) is 0 Å². The summed E-state index contributed by atoms with van der Waals surface area (Å²) in [5.74, 6) is 0.347. The van der Waals surface area contributed by atoms with E-state index in [1.54, 1.807) is 29.2 Å². The predicted molar refractivity (Wildman–Crippen MR) is 103 cm³/mol. The lowest BCUT2D eigenvalue weighted by molar-refractivity contribution is -0.133. The van der Waals surface area contributed by atoms with E-state index >= 15 is 0 Å². The fourth-order valence-electron chi connectivity index (χ4n) is 3.84. The number of hydrogen-bond acceptors (Lipinski definition) is 4. The van der Waals surface area contributed by atoms with Crippen LogP contribution >= 0.6 is 0 Å². The van der Waals surface area contributed by atoms with E-state index in [1.807, 2.05) is 30.3 Å². The molecule has 6 heteroatoms. The molecule has 2 aliphatic heterocycles. The first-order valence-corrected chi connectivity index (χ1v) is 9.57. The van der Waals surface area contributed by atoms with Crippen LogP contribution in [0.15, 0.2) is 54.6 Å². The molecule has 0 radical (unpaired) electrons. The van der Waals surface area contributed by atoms with E-state index in [0.717, 1.165) is 5.75 Å². The fraction of sp³-hybridized carbons (Fsp3) is 0.318. The predicted octanol–water partition coefficient (Wildman–Crippen LogP) is 2.74. The van der Waals surface area contributed by atoms with Crippen LogP contribution in [0, 0.1) is 0 Å². The minimum Gasteiger partial charge on any atom is -0.493 e. The number of benzene rings is 2. The SMILES string of the molecule is O=C(CCOc1ccccc1)N1CCC(N2C(=O)c3ccccc3C2=O)CC1. The van der Waals surface area contributed by atoms with Crippen molar-refractivity contribution in [2.45, 2.75) is 25.3 Å². The molecule has 3 amide bonds. The summed E-state index contributed by atoms with van der Waals surface area (Å²) in [5, 5.41) is 0. The molecule has 1 saturated heterocycles. The van der Waals surface area contributed by atoms with E-state index in [1.165, 1.54) is 4.90 Å². The highest BCUT2D eigenvalue weighted by molar-refractivity contribution is 6.21. The average molecular weight is 378 g/mol. The lowest BCUT2D eigenvalue weighted by Crippen LogP contribution is -2.48. The van der Waals surface area contributed by atoms with E-state index in [4.69, 9.17) is 4.74 Å². The van der Waals surface area contributed by atoms with Gasteiger partial charge in [0.2, 0.25) is 5.91 Å². The highest BCUT2D eigenvalue weighted by Crippen LogP contribution is 2.28. The van der Waals surface area contributed by atoms with Crippen molar-refractivity contribution in [1.29, 1.82) is 0 Å². The van der Waals surface area contributed by atoms with Crippen molar-refractivity contribution >= 4 is 17.7 Å². The number of carbonyl (C=O) groups excluding carboxylic acids is 3. The molecule has 0 aliphatic carbocycles. The van der Waals surface area contributed by atoms with Crippen molar-refractivity contribution in [2.75, 3.05) is 19.7 Å². The second kappa shape index (κ2) is 7.84. The molecule has 0 aromatic heterocycles. The molecular weight excluding hydrogens is 356 g/mol. The van der Waals surface area contributed by atoms with Crippen LogP contribution in [-0.2, 0) is 4.79 Å². The van der Waals surface area contributed by atoms with E-state index in [0.29, 0.717) is 50.1 Å². The van der Waals surface area contributed by atoms with Crippen molar-refractivity contribution in [2.24, 2.45) is 0 Å². The van der Waals surface area contributed by atoms with Gasteiger partial charge in [-0.05, 0) is 37.1 Å². The molecule has 2 aromatic rings. The summed E-state index contributed by atoms with van der Waals surface area (Å²) in [6.07, 6.45) is 1.53. The van der Waals surface area contributed by atoms with Crippen LogP contribution in [0.3, 0.4) is 0 Å². The Morgan fingerprint density at radius 3 is 2.07 bits per heavy atom. The zero-order valence-electron chi connectivity index (χ0n) is 15.5. The Bertz CT molecular complexity index is 853. The number of piperidine rings is 1. The van der Waals surface area contributed by atoms with Gasteiger partial charge in [0.25, 0.3) is 11.8 Å². The molecule has 2 aliphatic rings. The topological polar surface area (TPSA) is 66.9 Å². The minimum absolute atomic E-state index is 0.0387. The molecule has 0 bridgehead atoms. The van der Waals surface area contributed by atoms with Gasteiger partial charge in [-0.15, -0.1) is 0 Å². The van der Waals surface area contributed by atoms with Gasteiger partial charge in [-0.25, -0.2) is 0 Å². The van der Waals surface area contributed by atoms with Gasteiger partial charge in [-0.3, -0.25) is 19.3 Å². The quantitative estimate of drug-likeness (QED) is 0.751. The third kappa shape index (κ3) is 3.50. The Hall–Kier alpha value is -3.15. The standard InChI is InChI=1S/C22H22N2O4/c25-20(12-15-28-17-6-2-1-3-7-17)23-13-10-16(11-14-23)24-21(26)18-8-4-5-9-19(18)22(24)27/h1-9,16H,10-15H2. The smallest absolute Gasteiger partial charge is 0.261 e. The molecule has 2 heterocycles. The molecule has 144 valence electrons. The third-order valence-corrected chi connectivity index (χ3v) is 5.34. The molecule has 0 N–H and O–H groups in total. The first-order valence-electron chi connectivity index (χ1n) is 9.57. The maximum Gasteiger partial charge on any atom is 0.261 e. The molecule has 28 heavy (non-hydrogen) atoms. The first-order chi connectivity index (χ1) is 13.6. The second-order valence-corrected chi connectivity index (χ2v) is 7.05. The number of ether oxygens (including phenoxy) is 1.